The Bertz CT molecular complexity index is 448. The molecule has 2 radical (unpaired) electrons. The first-order valence-corrected chi connectivity index (χ1v) is 13.0. The molecule has 0 aliphatic heterocycles. The number of benzene rings is 1. The Morgan fingerprint density at radius 1 is 1.25 bits per heavy atom. The van der Waals surface area contributed by atoms with Crippen LogP contribution >= 0.6 is 20.8 Å². The van der Waals surface area contributed by atoms with Gasteiger partial charge in [-0.25, -0.2) is 0 Å². The summed E-state index contributed by atoms with van der Waals surface area (Å²) in [6.45, 7) is 6.47. The summed E-state index contributed by atoms with van der Waals surface area (Å²) >= 11 is 3.82. The third kappa shape index (κ3) is 5.33. The molecule has 0 heterocycles. The summed E-state index contributed by atoms with van der Waals surface area (Å²) in [6, 6.07) is 5.22. The molecule has 1 N–H and O–H groups in total. The normalized spacial score (nSPS) is 14.1. The summed E-state index contributed by atoms with van der Waals surface area (Å²) in [7, 11) is 3.61. The van der Waals surface area contributed by atoms with E-state index in [0.29, 0.717) is 15.7 Å². The van der Waals surface area contributed by atoms with Crippen molar-refractivity contribution in [1.82, 2.24) is 0 Å². The molecule has 114 valence electrons. The first-order chi connectivity index (χ1) is 9.14. The molecule has 1 rings (SSSR count). The summed E-state index contributed by atoms with van der Waals surface area (Å²) in [5.74, 6) is 0.809. The molecule has 0 bridgehead atoms. The molecular weight excluding hydrogens is 359 g/mol. The molecule has 0 aliphatic rings. The van der Waals surface area contributed by atoms with Crippen LogP contribution in [0.25, 0.3) is 0 Å². The van der Waals surface area contributed by atoms with Gasteiger partial charge in [-0.15, -0.1) is 0 Å². The van der Waals surface area contributed by atoms with Crippen molar-refractivity contribution in [3.8, 4) is 11.5 Å². The van der Waals surface area contributed by atoms with Crippen LogP contribution < -0.4 is 10.0 Å². The topological polar surface area (TPSA) is 47.9 Å². The molecular formula is C13H22BrO4PSi. The van der Waals surface area contributed by atoms with E-state index in [2.05, 4.69) is 35.5 Å². The molecule has 0 saturated heterocycles. The monoisotopic (exact) mass is 380 g/mol. The molecule has 0 fully saturated rings. The van der Waals surface area contributed by atoms with E-state index in [0.717, 1.165) is 11.1 Å². The fourth-order valence-corrected chi connectivity index (χ4v) is 4.66. The van der Waals surface area contributed by atoms with Gasteiger partial charge in [0.05, 0.1) is 0 Å². The number of phenolic OH excluding ortho intramolecular Hbond substituents is 1. The summed E-state index contributed by atoms with van der Waals surface area (Å²) in [5, 5.41) is 8.53. The number of ether oxygens (including phenoxy) is 3. The Morgan fingerprint density at radius 2 is 1.85 bits per heavy atom. The molecule has 7 heteroatoms. The molecule has 0 saturated carbocycles. The van der Waals surface area contributed by atoms with E-state index in [4.69, 9.17) is 14.2 Å². The molecule has 0 unspecified atom stereocenters. The number of hydrogen-bond donors (Lipinski definition) is 1. The van der Waals surface area contributed by atoms with Gasteiger partial charge in [0.2, 0.25) is 0 Å². The molecule has 0 aliphatic carbocycles. The van der Waals surface area contributed by atoms with E-state index in [1.54, 1.807) is 26.4 Å². The van der Waals surface area contributed by atoms with Gasteiger partial charge in [-0.05, 0) is 0 Å². The van der Waals surface area contributed by atoms with Crippen LogP contribution in [0.4, 0.5) is 0 Å². The second-order valence-electron chi connectivity index (χ2n) is 5.55. The fraction of sp³-hybridized carbons (Fsp3) is 0.538. The number of methoxy groups -OCH3 is 2. The number of halogens is 1. The first-order valence-electron chi connectivity index (χ1n) is 6.12. The maximum atomic E-state index is 9.71. The SMILES string of the molecule is COC(OC)[Si]COc1ccc(O)cc1P(C)(C)(C)Br. The zero-order valence-electron chi connectivity index (χ0n) is 12.5. The Balaban J connectivity index is 2.86. The Kier molecular flexibility index (Phi) is 6.05. The van der Waals surface area contributed by atoms with Gasteiger partial charge in [-0.2, -0.15) is 0 Å². The third-order valence-corrected chi connectivity index (χ3v) is 6.90. The predicted octanol–water partition coefficient (Wildman–Crippen LogP) is 2.39. The van der Waals surface area contributed by atoms with Crippen molar-refractivity contribution in [3.63, 3.8) is 0 Å². The van der Waals surface area contributed by atoms with Crippen molar-refractivity contribution in [2.75, 3.05) is 40.4 Å². The van der Waals surface area contributed by atoms with Crippen LogP contribution in [-0.2, 0) is 9.47 Å². The number of phenols is 1. The summed E-state index contributed by atoms with van der Waals surface area (Å²) in [5.41, 5.74) is 0. The second kappa shape index (κ2) is 6.75. The van der Waals surface area contributed by atoms with E-state index in [1.165, 1.54) is 0 Å². The van der Waals surface area contributed by atoms with Gasteiger partial charge < -0.3 is 0 Å². The van der Waals surface area contributed by atoms with E-state index in [1.807, 2.05) is 6.07 Å². The average Bonchev–Trinajstić information content (AvgIpc) is 2.34. The third-order valence-electron chi connectivity index (χ3n) is 2.66. The Labute approximate surface area is 131 Å². The van der Waals surface area contributed by atoms with E-state index in [-0.39, 0.29) is 11.7 Å². The quantitative estimate of drug-likeness (QED) is 0.448. The Morgan fingerprint density at radius 3 is 2.35 bits per heavy atom. The predicted molar refractivity (Wildman–Crippen MR) is 90.4 cm³/mol. The molecule has 1 aromatic carbocycles. The van der Waals surface area contributed by atoms with E-state index in [9.17, 15) is 5.11 Å². The molecule has 0 atom stereocenters. The van der Waals surface area contributed by atoms with Crippen LogP contribution in [0.5, 0.6) is 11.5 Å². The molecule has 4 nitrogen and oxygen atoms in total. The summed E-state index contributed by atoms with van der Waals surface area (Å²) in [4.78, 5) is 0. The van der Waals surface area contributed by atoms with Crippen LogP contribution in [-0.4, -0.2) is 61.0 Å². The number of hydrogen-bond acceptors (Lipinski definition) is 4. The van der Waals surface area contributed by atoms with Gasteiger partial charge in [0, 0.05) is 0 Å². The van der Waals surface area contributed by atoms with Gasteiger partial charge in [0.25, 0.3) is 0 Å². The van der Waals surface area contributed by atoms with Gasteiger partial charge >= 0.3 is 131 Å². The standard InChI is InChI=1S/C13H22BrO4PSi/c1-16-13(17-2)20-9-18-11-7-6-10(15)8-12(11)19(3,4,5)14/h6-8,13,15H,9H2,1-5H3. The van der Waals surface area contributed by atoms with Crippen LogP contribution in [0, 0.1) is 0 Å². The van der Waals surface area contributed by atoms with Crippen molar-refractivity contribution in [1.29, 1.82) is 0 Å². The van der Waals surface area contributed by atoms with E-state index < -0.39 is 5.31 Å². The zero-order valence-corrected chi connectivity index (χ0v) is 16.0. The molecule has 0 amide bonds. The number of rotatable bonds is 7. The molecule has 1 aromatic rings. The van der Waals surface area contributed by atoms with Gasteiger partial charge in [-0.1, -0.05) is 0 Å². The molecule has 0 spiro atoms. The van der Waals surface area contributed by atoms with Crippen LogP contribution in [0.15, 0.2) is 18.2 Å². The van der Waals surface area contributed by atoms with Crippen molar-refractivity contribution in [2.45, 2.75) is 5.91 Å². The molecule has 0 aromatic heterocycles. The van der Waals surface area contributed by atoms with Crippen LogP contribution in [0.3, 0.4) is 0 Å². The first kappa shape index (κ1) is 17.9. The van der Waals surface area contributed by atoms with Gasteiger partial charge in [-0.3, -0.25) is 0 Å². The number of aromatic hydroxyl groups is 1. The van der Waals surface area contributed by atoms with Crippen LogP contribution in [0.2, 0.25) is 0 Å². The zero-order chi connectivity index (χ0) is 15.4. The van der Waals surface area contributed by atoms with Gasteiger partial charge in [0.15, 0.2) is 0 Å². The summed E-state index contributed by atoms with van der Waals surface area (Å²) in [6.07, 6.45) is 0.517. The van der Waals surface area contributed by atoms with Gasteiger partial charge in [0.1, 0.15) is 0 Å². The van der Waals surface area contributed by atoms with Crippen molar-refractivity contribution < 1.29 is 19.3 Å². The minimum atomic E-state index is -2.21. The van der Waals surface area contributed by atoms with E-state index >= 15 is 0 Å². The fourth-order valence-electron chi connectivity index (χ4n) is 1.67. The van der Waals surface area contributed by atoms with Crippen molar-refractivity contribution in [2.24, 2.45) is 0 Å². The second-order valence-corrected chi connectivity index (χ2v) is 19.9. The summed E-state index contributed by atoms with van der Waals surface area (Å²) < 4.78 is 16.1. The molecule has 20 heavy (non-hydrogen) atoms. The Hall–Kier alpha value is -0.133. The van der Waals surface area contributed by atoms with Crippen molar-refractivity contribution >= 4 is 35.6 Å². The maximum absolute atomic E-state index is 9.71. The van der Waals surface area contributed by atoms with Crippen molar-refractivity contribution in [3.05, 3.63) is 18.2 Å². The van der Waals surface area contributed by atoms with Crippen LogP contribution in [0.1, 0.15) is 0 Å². The minimum absolute atomic E-state index is 0.236. The average molecular weight is 381 g/mol.